The molecule has 0 fully saturated rings. The summed E-state index contributed by atoms with van der Waals surface area (Å²) >= 11 is 0. The van der Waals surface area contributed by atoms with Crippen LogP contribution in [0, 0.1) is 0 Å². The number of fused-ring (bicyclic) bond motifs is 1. The van der Waals surface area contributed by atoms with Gasteiger partial charge in [-0.1, -0.05) is 18.2 Å². The van der Waals surface area contributed by atoms with Gasteiger partial charge >= 0.3 is 0 Å². The summed E-state index contributed by atoms with van der Waals surface area (Å²) in [6.07, 6.45) is 0. The predicted molar refractivity (Wildman–Crippen MR) is 77.7 cm³/mol. The normalized spacial score (nSPS) is 11.9. The first-order valence-electron chi connectivity index (χ1n) is 6.35. The summed E-state index contributed by atoms with van der Waals surface area (Å²) in [6, 6.07) is 8.67. The van der Waals surface area contributed by atoms with Gasteiger partial charge in [-0.15, -0.1) is 0 Å². The minimum absolute atomic E-state index is 0.981. The van der Waals surface area contributed by atoms with E-state index in [0.717, 1.165) is 13.1 Å². The van der Waals surface area contributed by atoms with E-state index in [4.69, 9.17) is 0 Å². The van der Waals surface area contributed by atoms with Crippen LogP contribution in [0.2, 0.25) is 0 Å². The molecule has 98 valence electrons. The first kappa shape index (κ1) is 13.1. The first-order chi connectivity index (χ1) is 8.50. The van der Waals surface area contributed by atoms with Gasteiger partial charge in [-0.3, -0.25) is 0 Å². The van der Waals surface area contributed by atoms with Crippen LogP contribution in [0.1, 0.15) is 11.3 Å². The van der Waals surface area contributed by atoms with E-state index >= 15 is 0 Å². The monoisotopic (exact) mass is 245 g/mol. The standard InChI is InChI=1S/C15H23N3/c1-16(2)10-13-12-8-6-7-9-14(12)18(5)15(13)11-17(3)4/h6-9H,10-11H2,1-5H3. The molecule has 0 spiro atoms. The van der Waals surface area contributed by atoms with Crippen molar-refractivity contribution in [1.82, 2.24) is 14.4 Å². The van der Waals surface area contributed by atoms with Crippen molar-refractivity contribution in [2.45, 2.75) is 13.1 Å². The Morgan fingerprint density at radius 2 is 1.56 bits per heavy atom. The molecule has 0 aliphatic rings. The van der Waals surface area contributed by atoms with Gasteiger partial charge in [0.05, 0.1) is 0 Å². The molecule has 3 heteroatoms. The molecule has 0 saturated carbocycles. The summed E-state index contributed by atoms with van der Waals surface area (Å²) in [5.74, 6) is 0. The zero-order chi connectivity index (χ0) is 13.3. The summed E-state index contributed by atoms with van der Waals surface area (Å²) < 4.78 is 2.33. The van der Waals surface area contributed by atoms with E-state index in [1.54, 1.807) is 0 Å². The number of nitrogens with zero attached hydrogens (tertiary/aromatic N) is 3. The highest BCUT2D eigenvalue weighted by atomic mass is 15.1. The molecule has 1 aromatic heterocycles. The molecule has 2 rings (SSSR count). The van der Waals surface area contributed by atoms with Crippen molar-refractivity contribution in [3.63, 3.8) is 0 Å². The lowest BCUT2D eigenvalue weighted by molar-refractivity contribution is 0.374. The third-order valence-electron chi connectivity index (χ3n) is 3.28. The Morgan fingerprint density at radius 3 is 2.17 bits per heavy atom. The number of benzene rings is 1. The van der Waals surface area contributed by atoms with Gasteiger partial charge in [0.15, 0.2) is 0 Å². The summed E-state index contributed by atoms with van der Waals surface area (Å²) in [7, 11) is 10.7. The van der Waals surface area contributed by atoms with E-state index in [-0.39, 0.29) is 0 Å². The van der Waals surface area contributed by atoms with E-state index in [1.165, 1.54) is 22.2 Å². The topological polar surface area (TPSA) is 11.4 Å². The quantitative estimate of drug-likeness (QED) is 0.819. The van der Waals surface area contributed by atoms with E-state index < -0.39 is 0 Å². The Morgan fingerprint density at radius 1 is 0.944 bits per heavy atom. The third-order valence-corrected chi connectivity index (χ3v) is 3.28. The number of rotatable bonds is 4. The smallest absolute Gasteiger partial charge is 0.0483 e. The van der Waals surface area contributed by atoms with E-state index in [2.05, 4.69) is 73.9 Å². The fourth-order valence-electron chi connectivity index (χ4n) is 2.52. The van der Waals surface area contributed by atoms with Gasteiger partial charge in [0, 0.05) is 36.7 Å². The highest BCUT2D eigenvalue weighted by molar-refractivity contribution is 5.85. The van der Waals surface area contributed by atoms with Crippen LogP contribution in [0.15, 0.2) is 24.3 Å². The molecule has 0 aliphatic heterocycles. The molecule has 0 N–H and O–H groups in total. The lowest BCUT2D eigenvalue weighted by Crippen LogP contribution is -2.17. The number of hydrogen-bond donors (Lipinski definition) is 0. The fraction of sp³-hybridized carbons (Fsp3) is 0.467. The minimum atomic E-state index is 0.981. The van der Waals surface area contributed by atoms with Gasteiger partial charge in [-0.2, -0.15) is 0 Å². The molecule has 1 aromatic carbocycles. The summed E-state index contributed by atoms with van der Waals surface area (Å²) in [6.45, 7) is 1.97. The lowest BCUT2D eigenvalue weighted by atomic mass is 10.1. The molecule has 0 bridgehead atoms. The second-order valence-corrected chi connectivity index (χ2v) is 5.48. The Balaban J connectivity index is 2.61. The largest absolute Gasteiger partial charge is 0.346 e. The summed E-state index contributed by atoms with van der Waals surface area (Å²) in [5.41, 5.74) is 4.19. The molecule has 0 unspecified atom stereocenters. The third kappa shape index (κ3) is 2.42. The van der Waals surface area contributed by atoms with Gasteiger partial charge in [0.2, 0.25) is 0 Å². The maximum atomic E-state index is 2.33. The Labute approximate surface area is 110 Å². The minimum Gasteiger partial charge on any atom is -0.346 e. The zero-order valence-electron chi connectivity index (χ0n) is 12.1. The number of aryl methyl sites for hydroxylation is 1. The molecule has 0 aliphatic carbocycles. The zero-order valence-corrected chi connectivity index (χ0v) is 12.1. The summed E-state index contributed by atoms with van der Waals surface area (Å²) in [4.78, 5) is 4.47. The van der Waals surface area contributed by atoms with Crippen LogP contribution in [-0.2, 0) is 20.1 Å². The molecule has 0 amide bonds. The molecule has 1 heterocycles. The van der Waals surface area contributed by atoms with Gasteiger partial charge < -0.3 is 14.4 Å². The van der Waals surface area contributed by atoms with Gasteiger partial charge in [-0.25, -0.2) is 0 Å². The van der Waals surface area contributed by atoms with Crippen molar-refractivity contribution >= 4 is 10.9 Å². The molecule has 0 radical (unpaired) electrons. The van der Waals surface area contributed by atoms with Crippen LogP contribution >= 0.6 is 0 Å². The van der Waals surface area contributed by atoms with Crippen molar-refractivity contribution in [3.05, 3.63) is 35.5 Å². The molecular formula is C15H23N3. The Kier molecular flexibility index (Phi) is 3.73. The average Bonchev–Trinajstić information content (AvgIpc) is 2.54. The molecule has 3 nitrogen and oxygen atoms in total. The van der Waals surface area contributed by atoms with Gasteiger partial charge in [0.1, 0.15) is 0 Å². The highest BCUT2D eigenvalue weighted by Crippen LogP contribution is 2.26. The van der Waals surface area contributed by atoms with Crippen molar-refractivity contribution in [3.8, 4) is 0 Å². The SMILES string of the molecule is CN(C)Cc1c(CN(C)C)n(C)c2ccccc12. The maximum Gasteiger partial charge on any atom is 0.0483 e. The number of aromatic nitrogens is 1. The van der Waals surface area contributed by atoms with E-state index in [0.29, 0.717) is 0 Å². The van der Waals surface area contributed by atoms with Crippen molar-refractivity contribution in [1.29, 1.82) is 0 Å². The molecule has 18 heavy (non-hydrogen) atoms. The second kappa shape index (κ2) is 5.12. The number of para-hydroxylation sites is 1. The van der Waals surface area contributed by atoms with Crippen molar-refractivity contribution < 1.29 is 0 Å². The second-order valence-electron chi connectivity index (χ2n) is 5.48. The van der Waals surface area contributed by atoms with Crippen molar-refractivity contribution in [2.24, 2.45) is 7.05 Å². The van der Waals surface area contributed by atoms with Gasteiger partial charge in [-0.05, 0) is 39.8 Å². The maximum absolute atomic E-state index is 2.33. The van der Waals surface area contributed by atoms with Crippen LogP contribution in [0.25, 0.3) is 10.9 Å². The van der Waals surface area contributed by atoms with Crippen LogP contribution < -0.4 is 0 Å². The molecule has 2 aromatic rings. The van der Waals surface area contributed by atoms with E-state index in [1.807, 2.05) is 0 Å². The molecule has 0 saturated heterocycles. The highest BCUT2D eigenvalue weighted by Gasteiger charge is 2.15. The Hall–Kier alpha value is -1.32. The van der Waals surface area contributed by atoms with Crippen LogP contribution in [0.4, 0.5) is 0 Å². The number of hydrogen-bond acceptors (Lipinski definition) is 2. The summed E-state index contributed by atoms with van der Waals surface area (Å²) in [5, 5.41) is 1.38. The fourth-order valence-corrected chi connectivity index (χ4v) is 2.52. The average molecular weight is 245 g/mol. The molecular weight excluding hydrogens is 222 g/mol. The van der Waals surface area contributed by atoms with Crippen LogP contribution in [0.3, 0.4) is 0 Å². The first-order valence-corrected chi connectivity index (χ1v) is 6.35. The van der Waals surface area contributed by atoms with E-state index in [9.17, 15) is 0 Å². The molecule has 0 atom stereocenters. The predicted octanol–water partition coefficient (Wildman–Crippen LogP) is 2.30. The Bertz CT molecular complexity index is 538. The van der Waals surface area contributed by atoms with Crippen molar-refractivity contribution in [2.75, 3.05) is 28.2 Å². The van der Waals surface area contributed by atoms with Crippen LogP contribution in [-0.4, -0.2) is 42.6 Å². The van der Waals surface area contributed by atoms with Crippen LogP contribution in [0.5, 0.6) is 0 Å². The van der Waals surface area contributed by atoms with Gasteiger partial charge in [0.25, 0.3) is 0 Å². The lowest BCUT2D eigenvalue weighted by Gasteiger charge is -2.16.